The van der Waals surface area contributed by atoms with Crippen molar-refractivity contribution in [3.8, 4) is 5.75 Å². The Labute approximate surface area is 157 Å². The number of nitrogens with zero attached hydrogens (tertiary/aromatic N) is 1. The number of methoxy groups -OCH3 is 1. The van der Waals surface area contributed by atoms with Gasteiger partial charge in [0, 0.05) is 35.8 Å². The molecule has 1 aliphatic rings. The number of aromatic amines is 1. The Kier molecular flexibility index (Phi) is 4.49. The molecule has 2 aromatic carbocycles. The summed E-state index contributed by atoms with van der Waals surface area (Å²) in [6, 6.07) is 11.0. The van der Waals surface area contributed by atoms with Crippen LogP contribution in [-0.4, -0.2) is 37.9 Å². The normalized spacial score (nSPS) is 15.7. The number of hydrogen-bond donors (Lipinski definition) is 1. The van der Waals surface area contributed by atoms with E-state index in [1.807, 2.05) is 12.3 Å². The summed E-state index contributed by atoms with van der Waals surface area (Å²) in [5.74, 6) is 0.324. The third-order valence-corrected chi connectivity index (χ3v) is 6.74. The summed E-state index contributed by atoms with van der Waals surface area (Å²) in [7, 11) is -2.02. The molecule has 4 rings (SSSR count). The number of ether oxygens (including phenoxy) is 1. The molecule has 5 nitrogen and oxygen atoms in total. The lowest BCUT2D eigenvalue weighted by Gasteiger charge is -2.26. The Hall–Kier alpha value is -2.64. The zero-order valence-electron chi connectivity index (χ0n) is 14.8. The summed E-state index contributed by atoms with van der Waals surface area (Å²) in [4.78, 5) is 3.38. The average Bonchev–Trinajstić information content (AvgIpc) is 3.11. The molecule has 2 heterocycles. The quantitative estimate of drug-likeness (QED) is 0.742. The zero-order chi connectivity index (χ0) is 19.0. The molecule has 7 heteroatoms. The Morgan fingerprint density at radius 3 is 2.59 bits per heavy atom. The van der Waals surface area contributed by atoms with Crippen LogP contribution < -0.4 is 4.74 Å². The molecule has 0 amide bonds. The van der Waals surface area contributed by atoms with E-state index >= 15 is 0 Å². The van der Waals surface area contributed by atoms with Crippen molar-refractivity contribution >= 4 is 26.5 Å². The van der Waals surface area contributed by atoms with Gasteiger partial charge in [-0.3, -0.25) is 0 Å². The number of rotatable bonds is 4. The van der Waals surface area contributed by atoms with Gasteiger partial charge >= 0.3 is 0 Å². The van der Waals surface area contributed by atoms with Gasteiger partial charge in [-0.2, -0.15) is 4.31 Å². The van der Waals surface area contributed by atoms with Crippen LogP contribution in [0.1, 0.15) is 12.0 Å². The highest BCUT2D eigenvalue weighted by atomic mass is 32.2. The molecule has 1 aromatic heterocycles. The molecular formula is C20H19FN2O3S. The minimum absolute atomic E-state index is 0.245. The summed E-state index contributed by atoms with van der Waals surface area (Å²) < 4.78 is 45.8. The van der Waals surface area contributed by atoms with Crippen molar-refractivity contribution in [3.05, 3.63) is 66.1 Å². The third-order valence-electron chi connectivity index (χ3n) is 4.86. The zero-order valence-corrected chi connectivity index (χ0v) is 15.6. The van der Waals surface area contributed by atoms with Crippen molar-refractivity contribution in [2.24, 2.45) is 0 Å². The second-order valence-corrected chi connectivity index (χ2v) is 8.35. The fourth-order valence-corrected chi connectivity index (χ4v) is 4.75. The molecule has 0 fully saturated rings. The minimum Gasteiger partial charge on any atom is -0.497 e. The maximum Gasteiger partial charge on any atom is 0.243 e. The molecule has 0 saturated heterocycles. The second-order valence-electron chi connectivity index (χ2n) is 6.41. The maximum absolute atomic E-state index is 13.6. The average molecular weight is 386 g/mol. The fraction of sp³-hybridized carbons (Fsp3) is 0.200. The molecule has 3 aromatic rings. The SMILES string of the molecule is COc1ccc(S(=O)(=O)N2CC=C(c3c[nH]c4ccc(F)cc34)CC2)cc1. The van der Waals surface area contributed by atoms with Gasteiger partial charge in [0.05, 0.1) is 12.0 Å². The van der Waals surface area contributed by atoms with Gasteiger partial charge in [0.1, 0.15) is 11.6 Å². The molecule has 0 bridgehead atoms. The number of nitrogens with one attached hydrogen (secondary N) is 1. The molecule has 27 heavy (non-hydrogen) atoms. The summed E-state index contributed by atoms with van der Waals surface area (Å²) in [6.07, 6.45) is 4.32. The fourth-order valence-electron chi connectivity index (χ4n) is 3.37. The molecule has 1 aliphatic heterocycles. The van der Waals surface area contributed by atoms with E-state index in [-0.39, 0.29) is 17.3 Å². The molecule has 0 spiro atoms. The topological polar surface area (TPSA) is 62.4 Å². The minimum atomic E-state index is -3.56. The first kappa shape index (κ1) is 17.8. The van der Waals surface area contributed by atoms with Crippen molar-refractivity contribution in [3.63, 3.8) is 0 Å². The Morgan fingerprint density at radius 2 is 1.93 bits per heavy atom. The smallest absolute Gasteiger partial charge is 0.243 e. The first-order chi connectivity index (χ1) is 13.0. The highest BCUT2D eigenvalue weighted by Crippen LogP contribution is 2.31. The number of fused-ring (bicyclic) bond motifs is 1. The lowest BCUT2D eigenvalue weighted by atomic mass is 10.00. The van der Waals surface area contributed by atoms with Crippen LogP contribution in [0.4, 0.5) is 4.39 Å². The Bertz CT molecular complexity index is 1120. The van der Waals surface area contributed by atoms with Crippen LogP contribution in [0.3, 0.4) is 0 Å². The van der Waals surface area contributed by atoms with E-state index in [1.54, 1.807) is 30.3 Å². The number of halogens is 1. The lowest BCUT2D eigenvalue weighted by molar-refractivity contribution is 0.414. The molecule has 0 radical (unpaired) electrons. The second kappa shape index (κ2) is 6.83. The Balaban J connectivity index is 1.59. The van der Waals surface area contributed by atoms with Crippen molar-refractivity contribution in [2.75, 3.05) is 20.2 Å². The van der Waals surface area contributed by atoms with Crippen LogP contribution >= 0.6 is 0 Å². The Morgan fingerprint density at radius 1 is 1.15 bits per heavy atom. The maximum atomic E-state index is 13.6. The van der Waals surface area contributed by atoms with Gasteiger partial charge in [0.15, 0.2) is 0 Å². The number of sulfonamides is 1. The van der Waals surface area contributed by atoms with E-state index in [0.717, 1.165) is 22.0 Å². The van der Waals surface area contributed by atoms with Crippen LogP contribution in [0.5, 0.6) is 5.75 Å². The number of H-pyrrole nitrogens is 1. The van der Waals surface area contributed by atoms with Gasteiger partial charge in [0.25, 0.3) is 0 Å². The largest absolute Gasteiger partial charge is 0.497 e. The first-order valence-corrected chi connectivity index (χ1v) is 10.0. The molecule has 140 valence electrons. The summed E-state index contributed by atoms with van der Waals surface area (Å²) in [5, 5.41) is 0.813. The predicted molar refractivity (Wildman–Crippen MR) is 103 cm³/mol. The predicted octanol–water partition coefficient (Wildman–Crippen LogP) is 3.79. The standard InChI is InChI=1S/C20H19FN2O3S/c1-26-16-3-5-17(6-4-16)27(24,25)23-10-8-14(9-11-23)19-13-22-20-7-2-15(21)12-18(19)20/h2-8,12-13,22H,9-11H2,1H3. The van der Waals surface area contributed by atoms with Crippen molar-refractivity contribution in [2.45, 2.75) is 11.3 Å². The lowest BCUT2D eigenvalue weighted by Crippen LogP contribution is -2.34. The van der Waals surface area contributed by atoms with Crippen molar-refractivity contribution in [1.29, 1.82) is 0 Å². The summed E-state index contributed by atoms with van der Waals surface area (Å²) >= 11 is 0. The molecule has 0 aliphatic carbocycles. The molecule has 0 atom stereocenters. The first-order valence-electron chi connectivity index (χ1n) is 8.59. The van der Waals surface area contributed by atoms with E-state index in [4.69, 9.17) is 4.74 Å². The van der Waals surface area contributed by atoms with Crippen LogP contribution in [0.25, 0.3) is 16.5 Å². The van der Waals surface area contributed by atoms with E-state index < -0.39 is 10.0 Å². The molecule has 1 N–H and O–H groups in total. The van der Waals surface area contributed by atoms with E-state index in [1.165, 1.54) is 23.5 Å². The van der Waals surface area contributed by atoms with Gasteiger partial charge in [-0.25, -0.2) is 12.8 Å². The van der Waals surface area contributed by atoms with Gasteiger partial charge in [-0.1, -0.05) is 6.08 Å². The van der Waals surface area contributed by atoms with Gasteiger partial charge < -0.3 is 9.72 Å². The summed E-state index contributed by atoms with van der Waals surface area (Å²) in [6.45, 7) is 0.661. The number of hydrogen-bond acceptors (Lipinski definition) is 3. The van der Waals surface area contributed by atoms with E-state index in [9.17, 15) is 12.8 Å². The van der Waals surface area contributed by atoms with Gasteiger partial charge in [-0.05, 0) is 54.5 Å². The molecular weight excluding hydrogens is 367 g/mol. The highest BCUT2D eigenvalue weighted by Gasteiger charge is 2.27. The third kappa shape index (κ3) is 3.24. The molecule has 0 saturated carbocycles. The highest BCUT2D eigenvalue weighted by molar-refractivity contribution is 7.89. The van der Waals surface area contributed by atoms with Crippen LogP contribution in [-0.2, 0) is 10.0 Å². The van der Waals surface area contributed by atoms with E-state index in [0.29, 0.717) is 18.7 Å². The monoisotopic (exact) mass is 386 g/mol. The van der Waals surface area contributed by atoms with Crippen LogP contribution in [0, 0.1) is 5.82 Å². The summed E-state index contributed by atoms with van der Waals surface area (Å²) in [5.41, 5.74) is 2.81. The molecule has 0 unspecified atom stereocenters. The van der Waals surface area contributed by atoms with E-state index in [2.05, 4.69) is 4.98 Å². The van der Waals surface area contributed by atoms with Gasteiger partial charge in [0.2, 0.25) is 10.0 Å². The van der Waals surface area contributed by atoms with Crippen molar-refractivity contribution < 1.29 is 17.5 Å². The van der Waals surface area contributed by atoms with Crippen LogP contribution in [0.15, 0.2) is 59.6 Å². The van der Waals surface area contributed by atoms with Gasteiger partial charge in [-0.15, -0.1) is 0 Å². The number of aromatic nitrogens is 1. The van der Waals surface area contributed by atoms with Crippen molar-refractivity contribution in [1.82, 2.24) is 9.29 Å². The van der Waals surface area contributed by atoms with Crippen LogP contribution in [0.2, 0.25) is 0 Å². The number of benzene rings is 2.